The number of aromatic nitrogens is 1. The summed E-state index contributed by atoms with van der Waals surface area (Å²) < 4.78 is 5.03. The Kier molecular flexibility index (Phi) is 5.24. The average molecular weight is 308 g/mol. The number of aryl methyl sites for hydroxylation is 1. The first-order chi connectivity index (χ1) is 10.4. The summed E-state index contributed by atoms with van der Waals surface area (Å²) in [5.41, 5.74) is 2.25. The number of carbonyl (C=O) groups excluding carboxylic acids is 1. The number of likely N-dealkylation sites (tertiary alicyclic amines) is 1. The lowest BCUT2D eigenvalue weighted by atomic mass is 9.93. The molecule has 0 aromatic carbocycles. The van der Waals surface area contributed by atoms with Crippen LogP contribution in [0.4, 0.5) is 0 Å². The first-order valence-electron chi connectivity index (χ1n) is 7.74. The van der Waals surface area contributed by atoms with E-state index in [1.165, 1.54) is 0 Å². The third-order valence-electron chi connectivity index (χ3n) is 4.30. The topological polar surface area (TPSA) is 82.6 Å². The van der Waals surface area contributed by atoms with Crippen molar-refractivity contribution < 1.29 is 19.4 Å². The van der Waals surface area contributed by atoms with Gasteiger partial charge in [0.05, 0.1) is 18.1 Å². The number of nitrogens with one attached hydrogen (secondary N) is 1. The van der Waals surface area contributed by atoms with Crippen molar-refractivity contribution in [3.05, 3.63) is 23.0 Å². The second-order valence-corrected chi connectivity index (χ2v) is 5.94. The van der Waals surface area contributed by atoms with Crippen LogP contribution in [0, 0.1) is 12.8 Å². The number of H-pyrrole nitrogens is 1. The molecule has 1 saturated heterocycles. The zero-order valence-corrected chi connectivity index (χ0v) is 13.4. The number of ether oxygens (including phenoxy) is 1. The number of carbonyl (C=O) groups is 2. The second kappa shape index (κ2) is 6.96. The van der Waals surface area contributed by atoms with Gasteiger partial charge in [-0.3, -0.25) is 9.69 Å². The van der Waals surface area contributed by atoms with Crippen LogP contribution in [-0.2, 0) is 16.1 Å². The molecule has 22 heavy (non-hydrogen) atoms. The fourth-order valence-electron chi connectivity index (χ4n) is 2.95. The molecule has 0 spiro atoms. The van der Waals surface area contributed by atoms with Gasteiger partial charge in [0.15, 0.2) is 0 Å². The maximum atomic E-state index is 11.8. The molecule has 0 bridgehead atoms. The van der Waals surface area contributed by atoms with Gasteiger partial charge < -0.3 is 14.8 Å². The highest BCUT2D eigenvalue weighted by atomic mass is 16.5. The van der Waals surface area contributed by atoms with Gasteiger partial charge in [-0.15, -0.1) is 0 Å². The van der Waals surface area contributed by atoms with E-state index in [-0.39, 0.29) is 11.9 Å². The number of rotatable bonds is 5. The molecule has 1 aromatic heterocycles. The standard InChI is InChI=1S/C16H24N2O4/c1-4-22-16(21)14-7-13(17-11(14)3)9-18-8-12(15(19)20)6-5-10(18)2/h7,10,12,17H,4-6,8-9H2,1-3H3,(H,19,20). The van der Waals surface area contributed by atoms with Gasteiger partial charge in [0, 0.05) is 30.5 Å². The Balaban J connectivity index is 2.08. The van der Waals surface area contributed by atoms with Crippen molar-refractivity contribution >= 4 is 11.9 Å². The fraction of sp³-hybridized carbons (Fsp3) is 0.625. The predicted molar refractivity (Wildman–Crippen MR) is 81.7 cm³/mol. The highest BCUT2D eigenvalue weighted by Gasteiger charge is 2.30. The molecule has 6 nitrogen and oxygen atoms in total. The number of carboxylic acids is 1. The molecule has 2 heterocycles. The van der Waals surface area contributed by atoms with Crippen molar-refractivity contribution in [2.24, 2.45) is 5.92 Å². The Morgan fingerprint density at radius 1 is 1.45 bits per heavy atom. The van der Waals surface area contributed by atoms with E-state index in [1.54, 1.807) is 6.92 Å². The lowest BCUT2D eigenvalue weighted by Gasteiger charge is -2.36. The van der Waals surface area contributed by atoms with E-state index in [0.29, 0.717) is 31.3 Å². The third-order valence-corrected chi connectivity index (χ3v) is 4.30. The van der Waals surface area contributed by atoms with E-state index in [1.807, 2.05) is 13.0 Å². The van der Waals surface area contributed by atoms with Crippen molar-refractivity contribution in [3.8, 4) is 0 Å². The van der Waals surface area contributed by atoms with Gasteiger partial charge in [-0.25, -0.2) is 4.79 Å². The van der Waals surface area contributed by atoms with E-state index in [4.69, 9.17) is 4.74 Å². The molecule has 6 heteroatoms. The Hall–Kier alpha value is -1.82. The number of hydrogen-bond acceptors (Lipinski definition) is 4. The molecule has 2 atom stereocenters. The van der Waals surface area contributed by atoms with E-state index < -0.39 is 5.97 Å². The lowest BCUT2D eigenvalue weighted by molar-refractivity contribution is -0.144. The van der Waals surface area contributed by atoms with Gasteiger partial charge in [0.2, 0.25) is 0 Å². The zero-order chi connectivity index (χ0) is 16.3. The van der Waals surface area contributed by atoms with Gasteiger partial charge in [-0.05, 0) is 39.7 Å². The highest BCUT2D eigenvalue weighted by Crippen LogP contribution is 2.24. The van der Waals surface area contributed by atoms with Gasteiger partial charge in [-0.1, -0.05) is 0 Å². The minimum atomic E-state index is -0.730. The molecule has 1 aromatic rings. The first kappa shape index (κ1) is 16.5. The Morgan fingerprint density at radius 3 is 2.82 bits per heavy atom. The molecule has 1 fully saturated rings. The number of nitrogens with zero attached hydrogens (tertiary/aromatic N) is 1. The van der Waals surface area contributed by atoms with Gasteiger partial charge in [0.25, 0.3) is 0 Å². The average Bonchev–Trinajstić information content (AvgIpc) is 2.82. The van der Waals surface area contributed by atoms with Crippen LogP contribution >= 0.6 is 0 Å². The molecule has 0 aliphatic carbocycles. The van der Waals surface area contributed by atoms with Gasteiger partial charge in [0.1, 0.15) is 0 Å². The van der Waals surface area contributed by atoms with Gasteiger partial charge in [-0.2, -0.15) is 0 Å². The van der Waals surface area contributed by atoms with Gasteiger partial charge >= 0.3 is 11.9 Å². The minimum absolute atomic E-state index is 0.309. The number of piperidine rings is 1. The summed E-state index contributed by atoms with van der Waals surface area (Å²) >= 11 is 0. The third kappa shape index (κ3) is 3.68. The summed E-state index contributed by atoms with van der Waals surface area (Å²) in [6, 6.07) is 2.15. The summed E-state index contributed by atoms with van der Waals surface area (Å²) in [5, 5.41) is 9.19. The quantitative estimate of drug-likeness (QED) is 0.815. The normalized spacial score (nSPS) is 22.5. The van der Waals surface area contributed by atoms with Crippen molar-refractivity contribution in [2.45, 2.75) is 46.2 Å². The summed E-state index contributed by atoms with van der Waals surface area (Å²) in [6.45, 7) is 7.24. The number of aliphatic carboxylic acids is 1. The highest BCUT2D eigenvalue weighted by molar-refractivity contribution is 5.90. The summed E-state index contributed by atoms with van der Waals surface area (Å²) in [5.74, 6) is -1.36. The molecule has 0 radical (unpaired) electrons. The van der Waals surface area contributed by atoms with Crippen molar-refractivity contribution in [3.63, 3.8) is 0 Å². The predicted octanol–water partition coefficient (Wildman–Crippen LogP) is 2.18. The number of aromatic amines is 1. The van der Waals surface area contributed by atoms with Crippen LogP contribution in [0.25, 0.3) is 0 Å². The van der Waals surface area contributed by atoms with Crippen molar-refractivity contribution in [2.75, 3.05) is 13.2 Å². The molecule has 0 amide bonds. The molecule has 2 unspecified atom stereocenters. The molecule has 122 valence electrons. The van der Waals surface area contributed by atoms with Crippen LogP contribution in [-0.4, -0.2) is 46.1 Å². The largest absolute Gasteiger partial charge is 0.481 e. The molecule has 0 saturated carbocycles. The maximum Gasteiger partial charge on any atom is 0.339 e. The summed E-state index contributed by atoms with van der Waals surface area (Å²) in [7, 11) is 0. The Morgan fingerprint density at radius 2 is 2.18 bits per heavy atom. The molecule has 1 aliphatic rings. The summed E-state index contributed by atoms with van der Waals surface area (Å²) in [4.78, 5) is 28.4. The first-order valence-corrected chi connectivity index (χ1v) is 7.74. The Labute approximate surface area is 130 Å². The van der Waals surface area contributed by atoms with Crippen LogP contribution in [0.15, 0.2) is 6.07 Å². The Bertz CT molecular complexity index is 552. The van der Waals surface area contributed by atoms with Crippen LogP contribution in [0.3, 0.4) is 0 Å². The van der Waals surface area contributed by atoms with Crippen LogP contribution < -0.4 is 0 Å². The SMILES string of the molecule is CCOC(=O)c1cc(CN2CC(C(=O)O)CCC2C)[nH]c1C. The lowest BCUT2D eigenvalue weighted by Crippen LogP contribution is -2.43. The maximum absolute atomic E-state index is 11.8. The fourth-order valence-corrected chi connectivity index (χ4v) is 2.95. The molecule has 2 rings (SSSR count). The molecule has 2 N–H and O–H groups in total. The second-order valence-electron chi connectivity index (χ2n) is 5.94. The smallest absolute Gasteiger partial charge is 0.339 e. The monoisotopic (exact) mass is 308 g/mol. The minimum Gasteiger partial charge on any atom is -0.481 e. The molecular weight excluding hydrogens is 284 g/mol. The van der Waals surface area contributed by atoms with E-state index >= 15 is 0 Å². The van der Waals surface area contributed by atoms with E-state index in [2.05, 4.69) is 16.8 Å². The molecule has 1 aliphatic heterocycles. The number of esters is 1. The van der Waals surface area contributed by atoms with E-state index in [9.17, 15) is 14.7 Å². The number of hydrogen-bond donors (Lipinski definition) is 2. The number of carboxylic acid groups (broad SMARTS) is 1. The van der Waals surface area contributed by atoms with Crippen LogP contribution in [0.1, 0.15) is 48.4 Å². The van der Waals surface area contributed by atoms with Crippen LogP contribution in [0.5, 0.6) is 0 Å². The summed E-state index contributed by atoms with van der Waals surface area (Å²) in [6.07, 6.45) is 1.60. The molecular formula is C16H24N2O4. The van der Waals surface area contributed by atoms with Crippen LogP contribution in [0.2, 0.25) is 0 Å². The van der Waals surface area contributed by atoms with Crippen molar-refractivity contribution in [1.29, 1.82) is 0 Å². The van der Waals surface area contributed by atoms with Crippen molar-refractivity contribution in [1.82, 2.24) is 9.88 Å². The van der Waals surface area contributed by atoms with E-state index in [0.717, 1.165) is 24.2 Å². The zero-order valence-electron chi connectivity index (χ0n) is 13.4.